The maximum atomic E-state index is 5.72. The summed E-state index contributed by atoms with van der Waals surface area (Å²) in [6.45, 7) is 2.30. The molecule has 0 atom stereocenters. The minimum Gasteiger partial charge on any atom is -0.497 e. The number of benzene rings is 1. The fraction of sp³-hybridized carbons (Fsp3) is 0.308. The summed E-state index contributed by atoms with van der Waals surface area (Å²) in [5, 5.41) is 0. The van der Waals surface area contributed by atoms with Gasteiger partial charge >= 0.3 is 0 Å². The number of nitrogens with zero attached hydrogens (tertiary/aromatic N) is 1. The van der Waals surface area contributed by atoms with E-state index in [9.17, 15) is 0 Å². The highest BCUT2D eigenvalue weighted by Gasteiger charge is 2.14. The average molecular weight is 247 g/mol. The first-order valence-corrected chi connectivity index (χ1v) is 5.67. The molecule has 0 aliphatic heterocycles. The Morgan fingerprint density at radius 2 is 2.06 bits per heavy atom. The number of aryl methyl sites for hydroxylation is 1. The predicted molar refractivity (Wildman–Crippen MR) is 69.8 cm³/mol. The Balaban J connectivity index is 2.60. The molecule has 1 heterocycles. The normalized spacial score (nSPS) is 10.4. The summed E-state index contributed by atoms with van der Waals surface area (Å²) in [5.41, 5.74) is 8.30. The Labute approximate surface area is 106 Å². The van der Waals surface area contributed by atoms with Crippen molar-refractivity contribution in [3.63, 3.8) is 0 Å². The van der Waals surface area contributed by atoms with Crippen LogP contribution in [-0.4, -0.2) is 24.2 Å². The molecule has 2 rings (SSSR count). The van der Waals surface area contributed by atoms with E-state index in [0.29, 0.717) is 6.54 Å². The van der Waals surface area contributed by atoms with Crippen LogP contribution in [0.25, 0.3) is 11.3 Å². The van der Waals surface area contributed by atoms with E-state index in [1.165, 1.54) is 0 Å². The monoisotopic (exact) mass is 247 g/mol. The first kappa shape index (κ1) is 12.4. The third-order valence-electron chi connectivity index (χ3n) is 2.76. The van der Waals surface area contributed by atoms with Crippen molar-refractivity contribution < 1.29 is 9.47 Å². The molecule has 1 aromatic heterocycles. The van der Waals surface area contributed by atoms with Crippen molar-refractivity contribution in [1.82, 2.24) is 9.97 Å². The van der Waals surface area contributed by atoms with Gasteiger partial charge in [-0.25, -0.2) is 4.98 Å². The topological polar surface area (TPSA) is 73.2 Å². The lowest BCUT2D eigenvalue weighted by molar-refractivity contribution is 0.404. The lowest BCUT2D eigenvalue weighted by Gasteiger charge is -2.09. The largest absolute Gasteiger partial charge is 0.497 e. The second-order valence-electron chi connectivity index (χ2n) is 3.92. The Bertz CT molecular complexity index is 549. The molecule has 2 aromatic rings. The van der Waals surface area contributed by atoms with Crippen LogP contribution in [0, 0.1) is 6.92 Å². The van der Waals surface area contributed by atoms with E-state index in [-0.39, 0.29) is 0 Å². The van der Waals surface area contributed by atoms with Crippen molar-refractivity contribution in [2.24, 2.45) is 5.73 Å². The number of nitrogens with two attached hydrogens (primary N) is 1. The first-order chi connectivity index (χ1) is 8.69. The molecule has 0 amide bonds. The maximum absolute atomic E-state index is 5.72. The summed E-state index contributed by atoms with van der Waals surface area (Å²) in [5.74, 6) is 2.33. The minimum atomic E-state index is 0.399. The van der Waals surface area contributed by atoms with Crippen LogP contribution in [-0.2, 0) is 6.54 Å². The number of methoxy groups -OCH3 is 2. The molecule has 0 bridgehead atoms. The fourth-order valence-electron chi connectivity index (χ4n) is 1.91. The molecule has 0 spiro atoms. The Morgan fingerprint density at radius 1 is 1.28 bits per heavy atom. The number of nitrogens with one attached hydrogen (secondary N) is 1. The van der Waals surface area contributed by atoms with E-state index >= 15 is 0 Å². The molecule has 0 aliphatic rings. The Morgan fingerprint density at radius 3 is 2.67 bits per heavy atom. The van der Waals surface area contributed by atoms with Crippen LogP contribution in [0.5, 0.6) is 11.5 Å². The van der Waals surface area contributed by atoms with E-state index in [1.54, 1.807) is 14.2 Å². The van der Waals surface area contributed by atoms with Gasteiger partial charge in [0.25, 0.3) is 0 Å². The molecule has 5 heteroatoms. The molecule has 1 aromatic carbocycles. The SMILES string of the molecule is COc1ccc(OC)c(-c2nc(C)[nH]c2CN)c1. The van der Waals surface area contributed by atoms with Gasteiger partial charge in [0.2, 0.25) is 0 Å². The fourth-order valence-corrected chi connectivity index (χ4v) is 1.91. The summed E-state index contributed by atoms with van der Waals surface area (Å²) < 4.78 is 10.6. The zero-order valence-corrected chi connectivity index (χ0v) is 10.8. The number of H-pyrrole nitrogens is 1. The highest BCUT2D eigenvalue weighted by Crippen LogP contribution is 2.34. The molecular formula is C13H17N3O2. The van der Waals surface area contributed by atoms with Crippen molar-refractivity contribution in [1.29, 1.82) is 0 Å². The Hall–Kier alpha value is -2.01. The second-order valence-corrected chi connectivity index (χ2v) is 3.92. The molecular weight excluding hydrogens is 230 g/mol. The molecule has 0 unspecified atom stereocenters. The van der Waals surface area contributed by atoms with Gasteiger partial charge < -0.3 is 20.2 Å². The molecule has 0 saturated heterocycles. The zero-order valence-electron chi connectivity index (χ0n) is 10.8. The van der Waals surface area contributed by atoms with Crippen molar-refractivity contribution in [3.8, 4) is 22.8 Å². The molecule has 18 heavy (non-hydrogen) atoms. The number of ether oxygens (including phenoxy) is 2. The van der Waals surface area contributed by atoms with E-state index in [2.05, 4.69) is 9.97 Å². The van der Waals surface area contributed by atoms with Crippen LogP contribution in [0.3, 0.4) is 0 Å². The van der Waals surface area contributed by atoms with Crippen LogP contribution >= 0.6 is 0 Å². The summed E-state index contributed by atoms with van der Waals surface area (Å²) in [6.07, 6.45) is 0. The third-order valence-corrected chi connectivity index (χ3v) is 2.76. The predicted octanol–water partition coefficient (Wildman–Crippen LogP) is 1.86. The van der Waals surface area contributed by atoms with Gasteiger partial charge in [0.15, 0.2) is 0 Å². The molecule has 5 nitrogen and oxygen atoms in total. The van der Waals surface area contributed by atoms with Crippen LogP contribution in [0.4, 0.5) is 0 Å². The highest BCUT2D eigenvalue weighted by molar-refractivity contribution is 5.71. The van der Waals surface area contributed by atoms with Gasteiger partial charge in [-0.05, 0) is 25.1 Å². The smallest absolute Gasteiger partial charge is 0.128 e. The number of imidazole rings is 1. The molecule has 0 saturated carbocycles. The summed E-state index contributed by atoms with van der Waals surface area (Å²) in [7, 11) is 3.26. The van der Waals surface area contributed by atoms with Crippen LogP contribution in [0.1, 0.15) is 11.5 Å². The molecule has 3 N–H and O–H groups in total. The quantitative estimate of drug-likeness (QED) is 0.865. The minimum absolute atomic E-state index is 0.399. The van der Waals surface area contributed by atoms with Gasteiger partial charge in [0.05, 0.1) is 25.6 Å². The summed E-state index contributed by atoms with van der Waals surface area (Å²) in [4.78, 5) is 7.61. The molecule has 96 valence electrons. The van der Waals surface area contributed by atoms with Crippen molar-refractivity contribution >= 4 is 0 Å². The van der Waals surface area contributed by atoms with Crippen molar-refractivity contribution in [2.45, 2.75) is 13.5 Å². The van der Waals surface area contributed by atoms with Crippen molar-refractivity contribution in [2.75, 3.05) is 14.2 Å². The van der Waals surface area contributed by atoms with E-state index in [4.69, 9.17) is 15.2 Å². The number of aromatic nitrogens is 2. The molecule has 0 fully saturated rings. The molecule has 0 aliphatic carbocycles. The van der Waals surface area contributed by atoms with Crippen LogP contribution in [0.2, 0.25) is 0 Å². The van der Waals surface area contributed by atoms with Crippen LogP contribution < -0.4 is 15.2 Å². The highest BCUT2D eigenvalue weighted by atomic mass is 16.5. The van der Waals surface area contributed by atoms with E-state index < -0.39 is 0 Å². The number of rotatable bonds is 4. The van der Waals surface area contributed by atoms with Gasteiger partial charge in [0.1, 0.15) is 17.3 Å². The average Bonchev–Trinajstić information content (AvgIpc) is 2.79. The summed E-state index contributed by atoms with van der Waals surface area (Å²) >= 11 is 0. The third kappa shape index (κ3) is 2.17. The first-order valence-electron chi connectivity index (χ1n) is 5.67. The summed E-state index contributed by atoms with van der Waals surface area (Å²) in [6, 6.07) is 5.61. The zero-order chi connectivity index (χ0) is 13.1. The van der Waals surface area contributed by atoms with Gasteiger partial charge in [-0.2, -0.15) is 0 Å². The maximum Gasteiger partial charge on any atom is 0.128 e. The van der Waals surface area contributed by atoms with Gasteiger partial charge in [-0.3, -0.25) is 0 Å². The number of aromatic amines is 1. The van der Waals surface area contributed by atoms with Crippen LogP contribution in [0.15, 0.2) is 18.2 Å². The van der Waals surface area contributed by atoms with Gasteiger partial charge in [-0.1, -0.05) is 0 Å². The van der Waals surface area contributed by atoms with E-state index in [0.717, 1.165) is 34.3 Å². The number of hydrogen-bond acceptors (Lipinski definition) is 4. The second kappa shape index (κ2) is 5.10. The standard InChI is InChI=1S/C13H17N3O2/c1-8-15-11(7-14)13(16-8)10-6-9(17-2)4-5-12(10)18-3/h4-6H,7,14H2,1-3H3,(H,15,16). The van der Waals surface area contributed by atoms with E-state index in [1.807, 2.05) is 25.1 Å². The number of hydrogen-bond donors (Lipinski definition) is 2. The Kier molecular flexibility index (Phi) is 3.53. The lowest BCUT2D eigenvalue weighted by Crippen LogP contribution is -2.00. The molecule has 0 radical (unpaired) electrons. The van der Waals surface area contributed by atoms with Gasteiger partial charge in [0, 0.05) is 12.1 Å². The van der Waals surface area contributed by atoms with Crippen molar-refractivity contribution in [3.05, 3.63) is 29.7 Å². The lowest BCUT2D eigenvalue weighted by atomic mass is 10.1. The van der Waals surface area contributed by atoms with Gasteiger partial charge in [-0.15, -0.1) is 0 Å².